The van der Waals surface area contributed by atoms with Crippen LogP contribution >= 0.6 is 11.6 Å². The van der Waals surface area contributed by atoms with E-state index in [1.807, 2.05) is 19.9 Å². The summed E-state index contributed by atoms with van der Waals surface area (Å²) in [6.07, 6.45) is 0. The second-order valence-corrected chi connectivity index (χ2v) is 6.81. The molecule has 7 heteroatoms. The smallest absolute Gasteiger partial charge is 0.336 e. The lowest BCUT2D eigenvalue weighted by Gasteiger charge is -2.10. The van der Waals surface area contributed by atoms with E-state index in [9.17, 15) is 14.4 Å². The number of rotatable bonds is 5. The molecule has 1 aromatic heterocycles. The normalized spacial score (nSPS) is 10.7. The van der Waals surface area contributed by atoms with Gasteiger partial charge in [0, 0.05) is 27.6 Å². The van der Waals surface area contributed by atoms with Crippen LogP contribution in [0.4, 0.5) is 0 Å². The summed E-state index contributed by atoms with van der Waals surface area (Å²) in [5, 5.41) is 3.71. The van der Waals surface area contributed by atoms with Crippen LogP contribution in [0.2, 0.25) is 5.02 Å². The number of ether oxygens (including phenoxy) is 1. The molecule has 3 aromatic rings. The first-order valence-electron chi connectivity index (χ1n) is 8.57. The van der Waals surface area contributed by atoms with Crippen molar-refractivity contribution in [1.29, 1.82) is 0 Å². The van der Waals surface area contributed by atoms with Crippen molar-refractivity contribution in [2.24, 2.45) is 0 Å². The van der Waals surface area contributed by atoms with Crippen molar-refractivity contribution in [3.63, 3.8) is 0 Å². The highest BCUT2D eigenvalue weighted by Gasteiger charge is 2.12. The van der Waals surface area contributed by atoms with Gasteiger partial charge >= 0.3 is 11.6 Å². The van der Waals surface area contributed by atoms with Gasteiger partial charge in [0.15, 0.2) is 0 Å². The molecule has 6 nitrogen and oxygen atoms in total. The summed E-state index contributed by atoms with van der Waals surface area (Å²) in [5.74, 6) is -1.03. The van der Waals surface area contributed by atoms with Gasteiger partial charge in [0.1, 0.15) is 18.7 Å². The van der Waals surface area contributed by atoms with E-state index in [0.717, 1.165) is 11.1 Å². The van der Waals surface area contributed by atoms with Crippen LogP contribution in [0, 0.1) is 13.8 Å². The molecule has 0 spiro atoms. The number of esters is 1. The van der Waals surface area contributed by atoms with E-state index in [0.29, 0.717) is 27.1 Å². The third kappa shape index (κ3) is 4.58. The molecule has 0 atom stereocenters. The summed E-state index contributed by atoms with van der Waals surface area (Å²) in [6.45, 7) is 3.48. The number of amides is 1. The zero-order valence-corrected chi connectivity index (χ0v) is 16.1. The number of nitrogens with one attached hydrogen (secondary N) is 1. The lowest BCUT2D eigenvalue weighted by atomic mass is 10.0. The van der Waals surface area contributed by atoms with Gasteiger partial charge in [0.2, 0.25) is 0 Å². The topological polar surface area (TPSA) is 85.6 Å². The van der Waals surface area contributed by atoms with Gasteiger partial charge in [-0.25, -0.2) is 4.79 Å². The zero-order valence-electron chi connectivity index (χ0n) is 15.4. The summed E-state index contributed by atoms with van der Waals surface area (Å²) in [7, 11) is 0. The summed E-state index contributed by atoms with van der Waals surface area (Å²) in [4.78, 5) is 35.8. The standard InChI is InChI=1S/C21H18ClNO5/c1-12-7-17-15(9-19(24)28-18(17)8-13(12)2)11-27-20(25)10-23-21(26)14-3-5-16(22)6-4-14/h3-9H,10-11H2,1-2H3,(H,23,26). The average molecular weight is 400 g/mol. The molecular formula is C21H18ClNO5. The highest BCUT2D eigenvalue weighted by molar-refractivity contribution is 6.30. The molecule has 0 bridgehead atoms. The predicted octanol–water partition coefficient (Wildman–Crippen LogP) is 3.54. The van der Waals surface area contributed by atoms with Crippen LogP contribution in [-0.4, -0.2) is 18.4 Å². The van der Waals surface area contributed by atoms with E-state index in [1.54, 1.807) is 30.3 Å². The Hall–Kier alpha value is -3.12. The summed E-state index contributed by atoms with van der Waals surface area (Å²) >= 11 is 5.78. The second kappa shape index (κ2) is 8.27. The van der Waals surface area contributed by atoms with Crippen LogP contribution in [-0.2, 0) is 16.1 Å². The number of hydrogen-bond donors (Lipinski definition) is 1. The fourth-order valence-corrected chi connectivity index (χ4v) is 2.79. The molecule has 2 aromatic carbocycles. The van der Waals surface area contributed by atoms with Crippen molar-refractivity contribution in [2.45, 2.75) is 20.5 Å². The summed E-state index contributed by atoms with van der Waals surface area (Å²) in [5.41, 5.74) is 2.89. The minimum Gasteiger partial charge on any atom is -0.459 e. The third-order valence-electron chi connectivity index (χ3n) is 4.33. The molecule has 0 saturated carbocycles. The zero-order chi connectivity index (χ0) is 20.3. The van der Waals surface area contributed by atoms with Crippen molar-refractivity contribution < 1.29 is 18.7 Å². The molecule has 0 aliphatic heterocycles. The van der Waals surface area contributed by atoms with Crippen LogP contribution < -0.4 is 10.9 Å². The number of benzene rings is 2. The van der Waals surface area contributed by atoms with Crippen LogP contribution in [0.15, 0.2) is 51.7 Å². The fraction of sp³-hybridized carbons (Fsp3) is 0.190. The maximum absolute atomic E-state index is 12.0. The second-order valence-electron chi connectivity index (χ2n) is 6.37. The molecule has 144 valence electrons. The number of hydrogen-bond acceptors (Lipinski definition) is 5. The Morgan fingerprint density at radius 3 is 2.46 bits per heavy atom. The Morgan fingerprint density at radius 2 is 1.75 bits per heavy atom. The van der Waals surface area contributed by atoms with Gasteiger partial charge in [-0.05, 0) is 61.4 Å². The maximum atomic E-state index is 12.0. The molecule has 0 aliphatic rings. The van der Waals surface area contributed by atoms with Crippen LogP contribution in [0.25, 0.3) is 11.0 Å². The number of halogens is 1. The minimum atomic E-state index is -0.618. The number of carbonyl (C=O) groups excluding carboxylic acids is 2. The lowest BCUT2D eigenvalue weighted by Crippen LogP contribution is -2.30. The van der Waals surface area contributed by atoms with E-state index in [-0.39, 0.29) is 13.2 Å². The first-order valence-corrected chi connectivity index (χ1v) is 8.94. The minimum absolute atomic E-state index is 0.0970. The van der Waals surface area contributed by atoms with Crippen molar-refractivity contribution in [2.75, 3.05) is 6.54 Å². The third-order valence-corrected chi connectivity index (χ3v) is 4.58. The molecule has 1 amide bonds. The molecular weight excluding hydrogens is 382 g/mol. The Balaban J connectivity index is 1.64. The quantitative estimate of drug-likeness (QED) is 0.524. The SMILES string of the molecule is Cc1cc2oc(=O)cc(COC(=O)CNC(=O)c3ccc(Cl)cc3)c2cc1C. The van der Waals surface area contributed by atoms with Gasteiger partial charge in [-0.15, -0.1) is 0 Å². The van der Waals surface area contributed by atoms with E-state index in [1.165, 1.54) is 6.07 Å². The molecule has 0 saturated heterocycles. The predicted molar refractivity (Wildman–Crippen MR) is 106 cm³/mol. The van der Waals surface area contributed by atoms with Crippen LogP contribution in [0.1, 0.15) is 27.0 Å². The molecule has 28 heavy (non-hydrogen) atoms. The van der Waals surface area contributed by atoms with Gasteiger partial charge in [-0.2, -0.15) is 0 Å². The molecule has 3 rings (SSSR count). The van der Waals surface area contributed by atoms with E-state index in [2.05, 4.69) is 5.32 Å². The van der Waals surface area contributed by atoms with E-state index < -0.39 is 17.5 Å². The maximum Gasteiger partial charge on any atom is 0.336 e. The van der Waals surface area contributed by atoms with E-state index >= 15 is 0 Å². The lowest BCUT2D eigenvalue weighted by molar-refractivity contribution is -0.143. The Morgan fingerprint density at radius 1 is 1.07 bits per heavy atom. The van der Waals surface area contributed by atoms with Gasteiger partial charge in [-0.3, -0.25) is 9.59 Å². The van der Waals surface area contributed by atoms with Gasteiger partial charge in [0.25, 0.3) is 5.91 Å². The first-order chi connectivity index (χ1) is 13.3. The average Bonchev–Trinajstić information content (AvgIpc) is 2.66. The van der Waals surface area contributed by atoms with Crippen LogP contribution in [0.5, 0.6) is 0 Å². The largest absolute Gasteiger partial charge is 0.459 e. The highest BCUT2D eigenvalue weighted by atomic mass is 35.5. The molecule has 0 fully saturated rings. The van der Waals surface area contributed by atoms with Crippen molar-refractivity contribution in [1.82, 2.24) is 5.32 Å². The monoisotopic (exact) mass is 399 g/mol. The summed E-state index contributed by atoms with van der Waals surface area (Å²) in [6, 6.07) is 11.3. The van der Waals surface area contributed by atoms with Gasteiger partial charge < -0.3 is 14.5 Å². The number of carbonyl (C=O) groups is 2. The van der Waals surface area contributed by atoms with E-state index in [4.69, 9.17) is 20.8 Å². The molecule has 0 aliphatic carbocycles. The summed E-state index contributed by atoms with van der Waals surface area (Å²) < 4.78 is 10.4. The molecule has 1 heterocycles. The van der Waals surface area contributed by atoms with Crippen molar-refractivity contribution >= 4 is 34.4 Å². The Bertz CT molecular complexity index is 1100. The first kappa shape index (κ1) is 19.6. The fourth-order valence-electron chi connectivity index (χ4n) is 2.67. The highest BCUT2D eigenvalue weighted by Crippen LogP contribution is 2.22. The van der Waals surface area contributed by atoms with Gasteiger partial charge in [-0.1, -0.05) is 11.6 Å². The van der Waals surface area contributed by atoms with Crippen LogP contribution in [0.3, 0.4) is 0 Å². The molecule has 0 radical (unpaired) electrons. The molecule has 0 unspecified atom stereocenters. The van der Waals surface area contributed by atoms with Gasteiger partial charge in [0.05, 0.1) is 0 Å². The molecule has 1 N–H and O–H groups in total. The van der Waals surface area contributed by atoms with Crippen molar-refractivity contribution in [3.05, 3.63) is 80.2 Å². The number of fused-ring (bicyclic) bond motifs is 1. The Labute approximate surface area is 166 Å². The van der Waals surface area contributed by atoms with Crippen molar-refractivity contribution in [3.8, 4) is 0 Å². The number of aryl methyl sites for hydroxylation is 2. The Kier molecular flexibility index (Phi) is 5.80.